The largest absolute Gasteiger partial charge is 0.368 e. The minimum Gasteiger partial charge on any atom is -0.368 e. The Labute approximate surface area is 67.3 Å². The van der Waals surface area contributed by atoms with Crippen molar-refractivity contribution in [3.63, 3.8) is 0 Å². The Morgan fingerprint density at radius 1 is 1.55 bits per heavy atom. The molecule has 0 aromatic carbocycles. The molecule has 0 aromatic rings. The summed E-state index contributed by atoms with van der Waals surface area (Å²) in [6, 6.07) is 0. The van der Waals surface area contributed by atoms with E-state index < -0.39 is 0 Å². The molecule has 64 valence electrons. The number of rotatable bonds is 1. The lowest BCUT2D eigenvalue weighted by molar-refractivity contribution is -0.139. The van der Waals surface area contributed by atoms with Crippen LogP contribution in [0, 0.1) is 5.92 Å². The van der Waals surface area contributed by atoms with E-state index >= 15 is 0 Å². The number of likely N-dealkylation sites (N-methyl/N-ethyl adjacent to an activating group) is 1. The Kier molecular flexibility index (Phi) is 2.49. The van der Waals surface area contributed by atoms with Crippen molar-refractivity contribution < 1.29 is 9.53 Å². The Morgan fingerprint density at radius 3 is 2.55 bits per heavy atom. The summed E-state index contributed by atoms with van der Waals surface area (Å²) in [6.45, 7) is 2.78. The van der Waals surface area contributed by atoms with Gasteiger partial charge in [0.1, 0.15) is 6.10 Å². The van der Waals surface area contributed by atoms with E-state index in [9.17, 15) is 4.79 Å². The third-order valence-electron chi connectivity index (χ3n) is 2.07. The van der Waals surface area contributed by atoms with Crippen LogP contribution in [0.5, 0.6) is 0 Å². The molecule has 0 spiro atoms. The van der Waals surface area contributed by atoms with E-state index in [1.165, 1.54) is 0 Å². The van der Waals surface area contributed by atoms with Crippen LogP contribution in [0.4, 0.5) is 0 Å². The van der Waals surface area contributed by atoms with Crippen LogP contribution in [0.15, 0.2) is 0 Å². The van der Waals surface area contributed by atoms with Gasteiger partial charge < -0.3 is 9.64 Å². The van der Waals surface area contributed by atoms with Gasteiger partial charge in [-0.2, -0.15) is 0 Å². The molecule has 1 amide bonds. The van der Waals surface area contributed by atoms with E-state index in [1.54, 1.807) is 19.0 Å². The Hall–Kier alpha value is -0.570. The van der Waals surface area contributed by atoms with Gasteiger partial charge >= 0.3 is 0 Å². The van der Waals surface area contributed by atoms with Crippen LogP contribution in [0.3, 0.4) is 0 Å². The molecule has 0 radical (unpaired) electrons. The zero-order valence-corrected chi connectivity index (χ0v) is 7.33. The first-order chi connectivity index (χ1) is 5.13. The molecule has 2 unspecified atom stereocenters. The second kappa shape index (κ2) is 3.22. The fraction of sp³-hybridized carbons (Fsp3) is 0.875. The van der Waals surface area contributed by atoms with Crippen molar-refractivity contribution in [3.05, 3.63) is 0 Å². The molecule has 2 atom stereocenters. The van der Waals surface area contributed by atoms with Gasteiger partial charge in [-0.25, -0.2) is 0 Å². The lowest BCUT2D eigenvalue weighted by Gasteiger charge is -2.18. The molecule has 1 rings (SSSR count). The predicted molar refractivity (Wildman–Crippen MR) is 42.2 cm³/mol. The zero-order valence-electron chi connectivity index (χ0n) is 7.33. The van der Waals surface area contributed by atoms with Crippen LogP contribution in [-0.4, -0.2) is 37.6 Å². The van der Waals surface area contributed by atoms with Gasteiger partial charge in [-0.15, -0.1) is 0 Å². The summed E-state index contributed by atoms with van der Waals surface area (Å²) in [5.41, 5.74) is 0. The van der Waals surface area contributed by atoms with Gasteiger partial charge in [0.2, 0.25) is 0 Å². The van der Waals surface area contributed by atoms with E-state index in [2.05, 4.69) is 6.92 Å². The Balaban J connectivity index is 2.53. The molecule has 11 heavy (non-hydrogen) atoms. The van der Waals surface area contributed by atoms with Gasteiger partial charge in [0, 0.05) is 20.7 Å². The topological polar surface area (TPSA) is 29.5 Å². The van der Waals surface area contributed by atoms with Crippen molar-refractivity contribution in [2.24, 2.45) is 5.92 Å². The first-order valence-corrected chi connectivity index (χ1v) is 3.95. The van der Waals surface area contributed by atoms with Gasteiger partial charge in [-0.1, -0.05) is 6.92 Å². The number of amides is 1. The van der Waals surface area contributed by atoms with Crippen molar-refractivity contribution in [2.75, 3.05) is 20.7 Å². The highest BCUT2D eigenvalue weighted by Gasteiger charge is 2.31. The van der Waals surface area contributed by atoms with Crippen molar-refractivity contribution in [3.8, 4) is 0 Å². The minimum atomic E-state index is -0.190. The monoisotopic (exact) mass is 157 g/mol. The summed E-state index contributed by atoms with van der Waals surface area (Å²) in [5, 5.41) is 0. The van der Waals surface area contributed by atoms with E-state index in [-0.39, 0.29) is 12.0 Å². The van der Waals surface area contributed by atoms with E-state index in [1.807, 2.05) is 0 Å². The van der Waals surface area contributed by atoms with Crippen molar-refractivity contribution in [2.45, 2.75) is 19.4 Å². The number of hydrogen-bond donors (Lipinski definition) is 0. The number of carbonyl (C=O) groups is 1. The van der Waals surface area contributed by atoms with Crippen LogP contribution in [0.25, 0.3) is 0 Å². The van der Waals surface area contributed by atoms with Crippen molar-refractivity contribution >= 4 is 5.91 Å². The van der Waals surface area contributed by atoms with Crippen molar-refractivity contribution in [1.29, 1.82) is 0 Å². The second-order valence-electron chi connectivity index (χ2n) is 3.29. The van der Waals surface area contributed by atoms with Crippen LogP contribution < -0.4 is 0 Å². The molecule has 0 aromatic heterocycles. The molecule has 0 bridgehead atoms. The van der Waals surface area contributed by atoms with E-state index in [4.69, 9.17) is 4.74 Å². The molecular weight excluding hydrogens is 142 g/mol. The maximum atomic E-state index is 11.4. The summed E-state index contributed by atoms with van der Waals surface area (Å²) in [5.74, 6) is 0.472. The molecule has 1 saturated heterocycles. The standard InChI is InChI=1S/C8H15NO2/c1-6-4-5-11-7(6)8(10)9(2)3/h6-7H,4-5H2,1-3H3. The summed E-state index contributed by atoms with van der Waals surface area (Å²) in [7, 11) is 3.52. The Bertz CT molecular complexity index is 156. The molecule has 0 N–H and O–H groups in total. The summed E-state index contributed by atoms with van der Waals surface area (Å²) < 4.78 is 5.30. The van der Waals surface area contributed by atoms with Crippen LogP contribution in [0.2, 0.25) is 0 Å². The number of carbonyl (C=O) groups excluding carboxylic acids is 1. The minimum absolute atomic E-state index is 0.0926. The lowest BCUT2D eigenvalue weighted by Crippen LogP contribution is -2.36. The van der Waals surface area contributed by atoms with Gasteiger partial charge in [0.15, 0.2) is 0 Å². The zero-order chi connectivity index (χ0) is 8.43. The summed E-state index contributed by atoms with van der Waals surface area (Å²) >= 11 is 0. The third-order valence-corrected chi connectivity index (χ3v) is 2.07. The van der Waals surface area contributed by atoms with Crippen LogP contribution in [0.1, 0.15) is 13.3 Å². The average molecular weight is 157 g/mol. The van der Waals surface area contributed by atoms with Gasteiger partial charge in [-0.05, 0) is 12.3 Å². The van der Waals surface area contributed by atoms with Crippen LogP contribution >= 0.6 is 0 Å². The van der Waals surface area contributed by atoms with Crippen molar-refractivity contribution in [1.82, 2.24) is 4.90 Å². The molecular formula is C8H15NO2. The quantitative estimate of drug-likeness (QED) is 0.554. The third kappa shape index (κ3) is 1.71. The van der Waals surface area contributed by atoms with Gasteiger partial charge in [-0.3, -0.25) is 4.79 Å². The average Bonchev–Trinajstić information content (AvgIpc) is 2.33. The summed E-state index contributed by atoms with van der Waals surface area (Å²) in [6.07, 6.45) is 0.814. The van der Waals surface area contributed by atoms with E-state index in [0.29, 0.717) is 5.92 Å². The van der Waals surface area contributed by atoms with E-state index in [0.717, 1.165) is 13.0 Å². The molecule has 3 heteroatoms. The number of nitrogens with zero attached hydrogens (tertiary/aromatic N) is 1. The SMILES string of the molecule is CC1CCOC1C(=O)N(C)C. The highest BCUT2D eigenvalue weighted by molar-refractivity contribution is 5.80. The fourth-order valence-corrected chi connectivity index (χ4v) is 1.27. The highest BCUT2D eigenvalue weighted by Crippen LogP contribution is 2.20. The number of hydrogen-bond acceptors (Lipinski definition) is 2. The fourth-order valence-electron chi connectivity index (χ4n) is 1.27. The number of ether oxygens (including phenoxy) is 1. The first-order valence-electron chi connectivity index (χ1n) is 3.95. The summed E-state index contributed by atoms with van der Waals surface area (Å²) in [4.78, 5) is 12.9. The van der Waals surface area contributed by atoms with Gasteiger partial charge in [0.05, 0.1) is 0 Å². The Morgan fingerprint density at radius 2 is 2.18 bits per heavy atom. The molecule has 1 heterocycles. The molecule has 0 saturated carbocycles. The smallest absolute Gasteiger partial charge is 0.251 e. The molecule has 0 aliphatic carbocycles. The molecule has 1 aliphatic heterocycles. The highest BCUT2D eigenvalue weighted by atomic mass is 16.5. The normalized spacial score (nSPS) is 30.5. The van der Waals surface area contributed by atoms with Crippen LogP contribution in [-0.2, 0) is 9.53 Å². The predicted octanol–water partition coefficient (Wildman–Crippen LogP) is 0.500. The molecule has 1 aliphatic rings. The van der Waals surface area contributed by atoms with Gasteiger partial charge in [0.25, 0.3) is 5.91 Å². The molecule has 3 nitrogen and oxygen atoms in total. The lowest BCUT2D eigenvalue weighted by atomic mass is 10.0. The maximum Gasteiger partial charge on any atom is 0.251 e. The second-order valence-corrected chi connectivity index (χ2v) is 3.29. The maximum absolute atomic E-state index is 11.4. The molecule has 1 fully saturated rings. The first kappa shape index (κ1) is 8.53.